The number of nitrogens with zero attached hydrogens (tertiary/aromatic N) is 1. The van der Waals surface area contributed by atoms with E-state index in [1.54, 1.807) is 12.3 Å². The fourth-order valence-electron chi connectivity index (χ4n) is 2.88. The first-order valence-electron chi connectivity index (χ1n) is 8.66. The summed E-state index contributed by atoms with van der Waals surface area (Å²) in [4.78, 5) is 16.6. The zero-order valence-electron chi connectivity index (χ0n) is 15.3. The minimum absolute atomic E-state index is 0.184. The van der Waals surface area contributed by atoms with E-state index in [0.29, 0.717) is 12.2 Å². The largest absolute Gasteiger partial charge is 0.355 e. The zero-order chi connectivity index (χ0) is 18.5. The molecule has 0 saturated carbocycles. The normalized spacial score (nSPS) is 10.4. The minimum atomic E-state index is -0.184. The SMILES string of the molecule is Cc1cccc(CNC(=O)c2cc(Nc3c(C)cccc3C)ccn2)c1. The standard InChI is InChI=1S/C22H23N3O/c1-15-6-4-9-18(12-15)14-24-22(26)20-13-19(10-11-23-20)25-21-16(2)7-5-8-17(21)3/h4-13H,14H2,1-3H3,(H,23,25)(H,24,26). The summed E-state index contributed by atoms with van der Waals surface area (Å²) in [6.07, 6.45) is 1.65. The molecule has 0 aliphatic rings. The lowest BCUT2D eigenvalue weighted by Crippen LogP contribution is -2.23. The van der Waals surface area contributed by atoms with E-state index in [1.165, 1.54) is 5.56 Å². The number of amides is 1. The quantitative estimate of drug-likeness (QED) is 0.706. The van der Waals surface area contributed by atoms with Crippen molar-refractivity contribution in [2.24, 2.45) is 0 Å². The van der Waals surface area contributed by atoms with Gasteiger partial charge in [0.05, 0.1) is 0 Å². The maximum Gasteiger partial charge on any atom is 0.270 e. The number of nitrogens with one attached hydrogen (secondary N) is 2. The lowest BCUT2D eigenvalue weighted by Gasteiger charge is -2.13. The van der Waals surface area contributed by atoms with Crippen molar-refractivity contribution in [3.63, 3.8) is 0 Å². The van der Waals surface area contributed by atoms with Crippen LogP contribution in [0.15, 0.2) is 60.8 Å². The van der Waals surface area contributed by atoms with Gasteiger partial charge in [-0.1, -0.05) is 48.0 Å². The Balaban J connectivity index is 1.71. The third kappa shape index (κ3) is 4.28. The van der Waals surface area contributed by atoms with Crippen LogP contribution < -0.4 is 10.6 Å². The van der Waals surface area contributed by atoms with Gasteiger partial charge in [-0.05, 0) is 49.6 Å². The number of hydrogen-bond acceptors (Lipinski definition) is 3. The predicted octanol–water partition coefficient (Wildman–Crippen LogP) is 4.68. The van der Waals surface area contributed by atoms with Crippen molar-refractivity contribution in [2.45, 2.75) is 27.3 Å². The van der Waals surface area contributed by atoms with Crippen LogP contribution in [0, 0.1) is 20.8 Å². The number of carbonyl (C=O) groups is 1. The van der Waals surface area contributed by atoms with Gasteiger partial charge in [0.2, 0.25) is 0 Å². The molecule has 132 valence electrons. The topological polar surface area (TPSA) is 54.0 Å². The molecule has 4 heteroatoms. The lowest BCUT2D eigenvalue weighted by molar-refractivity contribution is 0.0946. The molecule has 2 aromatic carbocycles. The summed E-state index contributed by atoms with van der Waals surface area (Å²) in [7, 11) is 0. The van der Waals surface area contributed by atoms with E-state index >= 15 is 0 Å². The van der Waals surface area contributed by atoms with Crippen LogP contribution in [0.5, 0.6) is 0 Å². The molecule has 0 saturated heterocycles. The van der Waals surface area contributed by atoms with Gasteiger partial charge in [-0.15, -0.1) is 0 Å². The highest BCUT2D eigenvalue weighted by Gasteiger charge is 2.09. The number of aryl methyl sites for hydroxylation is 3. The van der Waals surface area contributed by atoms with Gasteiger partial charge in [0.25, 0.3) is 5.91 Å². The molecule has 1 aromatic heterocycles. The Morgan fingerprint density at radius 1 is 0.962 bits per heavy atom. The van der Waals surface area contributed by atoms with Crippen molar-refractivity contribution in [3.8, 4) is 0 Å². The molecule has 3 aromatic rings. The number of carbonyl (C=O) groups excluding carboxylic acids is 1. The molecular formula is C22H23N3O. The lowest BCUT2D eigenvalue weighted by atomic mass is 10.1. The number of pyridine rings is 1. The summed E-state index contributed by atoms with van der Waals surface area (Å²) in [5, 5.41) is 6.32. The molecular weight excluding hydrogens is 322 g/mol. The van der Waals surface area contributed by atoms with Crippen LogP contribution in [0.3, 0.4) is 0 Å². The molecule has 0 atom stereocenters. The van der Waals surface area contributed by atoms with Gasteiger partial charge in [-0.3, -0.25) is 9.78 Å². The molecule has 26 heavy (non-hydrogen) atoms. The van der Waals surface area contributed by atoms with Crippen molar-refractivity contribution in [2.75, 3.05) is 5.32 Å². The summed E-state index contributed by atoms with van der Waals surface area (Å²) in [6, 6.07) is 17.9. The van der Waals surface area contributed by atoms with Gasteiger partial charge < -0.3 is 10.6 Å². The summed E-state index contributed by atoms with van der Waals surface area (Å²) in [6.45, 7) is 6.64. The Labute approximate surface area is 154 Å². The number of aromatic nitrogens is 1. The number of hydrogen-bond donors (Lipinski definition) is 2. The fourth-order valence-corrected chi connectivity index (χ4v) is 2.88. The Morgan fingerprint density at radius 2 is 1.69 bits per heavy atom. The highest BCUT2D eigenvalue weighted by molar-refractivity contribution is 5.93. The molecule has 0 spiro atoms. The maximum atomic E-state index is 12.4. The molecule has 0 aliphatic carbocycles. The van der Waals surface area contributed by atoms with E-state index in [0.717, 1.165) is 28.1 Å². The third-order valence-electron chi connectivity index (χ3n) is 4.28. The van der Waals surface area contributed by atoms with E-state index in [9.17, 15) is 4.79 Å². The number of anilines is 2. The van der Waals surface area contributed by atoms with Crippen molar-refractivity contribution in [3.05, 3.63) is 88.7 Å². The maximum absolute atomic E-state index is 12.4. The molecule has 3 rings (SSSR count). The second-order valence-corrected chi connectivity index (χ2v) is 6.49. The van der Waals surface area contributed by atoms with Crippen LogP contribution in [0.4, 0.5) is 11.4 Å². The van der Waals surface area contributed by atoms with Gasteiger partial charge in [0, 0.05) is 24.1 Å². The summed E-state index contributed by atoms with van der Waals surface area (Å²) in [5.74, 6) is -0.184. The van der Waals surface area contributed by atoms with Crippen LogP contribution >= 0.6 is 0 Å². The predicted molar refractivity (Wildman–Crippen MR) is 106 cm³/mol. The van der Waals surface area contributed by atoms with E-state index < -0.39 is 0 Å². The van der Waals surface area contributed by atoms with Gasteiger partial charge in [0.15, 0.2) is 0 Å². The first-order chi connectivity index (χ1) is 12.5. The van der Waals surface area contributed by atoms with Crippen LogP contribution in [-0.2, 0) is 6.54 Å². The summed E-state index contributed by atoms with van der Waals surface area (Å²) in [5.41, 5.74) is 6.87. The first-order valence-corrected chi connectivity index (χ1v) is 8.66. The molecule has 0 bridgehead atoms. The fraction of sp³-hybridized carbons (Fsp3) is 0.182. The van der Waals surface area contributed by atoms with Crippen LogP contribution in [0.25, 0.3) is 0 Å². The van der Waals surface area contributed by atoms with E-state index in [-0.39, 0.29) is 5.91 Å². The van der Waals surface area contributed by atoms with Gasteiger partial charge in [-0.2, -0.15) is 0 Å². The smallest absolute Gasteiger partial charge is 0.270 e. The minimum Gasteiger partial charge on any atom is -0.355 e. The Kier molecular flexibility index (Phi) is 5.32. The van der Waals surface area contributed by atoms with Crippen molar-refractivity contribution in [1.29, 1.82) is 0 Å². The van der Waals surface area contributed by atoms with Gasteiger partial charge in [0.1, 0.15) is 5.69 Å². The Bertz CT molecular complexity index is 914. The van der Waals surface area contributed by atoms with E-state index in [4.69, 9.17) is 0 Å². The van der Waals surface area contributed by atoms with E-state index in [2.05, 4.69) is 47.7 Å². The van der Waals surface area contributed by atoms with Crippen molar-refractivity contribution in [1.82, 2.24) is 10.3 Å². The molecule has 0 fully saturated rings. The van der Waals surface area contributed by atoms with Crippen LogP contribution in [0.1, 0.15) is 32.7 Å². The first kappa shape index (κ1) is 17.7. The highest BCUT2D eigenvalue weighted by Crippen LogP contribution is 2.24. The molecule has 2 N–H and O–H groups in total. The van der Waals surface area contributed by atoms with Gasteiger partial charge >= 0.3 is 0 Å². The Hall–Kier alpha value is -3.14. The molecule has 4 nitrogen and oxygen atoms in total. The summed E-state index contributed by atoms with van der Waals surface area (Å²) >= 11 is 0. The van der Waals surface area contributed by atoms with Gasteiger partial charge in [-0.25, -0.2) is 0 Å². The molecule has 0 unspecified atom stereocenters. The molecule has 1 amide bonds. The monoisotopic (exact) mass is 345 g/mol. The Morgan fingerprint density at radius 3 is 2.42 bits per heavy atom. The second-order valence-electron chi connectivity index (χ2n) is 6.49. The molecule has 0 aliphatic heterocycles. The number of rotatable bonds is 5. The zero-order valence-corrected chi connectivity index (χ0v) is 15.3. The van der Waals surface area contributed by atoms with E-state index in [1.807, 2.05) is 37.3 Å². The highest BCUT2D eigenvalue weighted by atomic mass is 16.1. The summed E-state index contributed by atoms with van der Waals surface area (Å²) < 4.78 is 0. The average Bonchev–Trinajstić information content (AvgIpc) is 2.63. The van der Waals surface area contributed by atoms with Crippen molar-refractivity contribution < 1.29 is 4.79 Å². The van der Waals surface area contributed by atoms with Crippen LogP contribution in [-0.4, -0.2) is 10.9 Å². The third-order valence-corrected chi connectivity index (χ3v) is 4.28. The average molecular weight is 345 g/mol. The van der Waals surface area contributed by atoms with Crippen molar-refractivity contribution >= 4 is 17.3 Å². The second kappa shape index (κ2) is 7.83. The van der Waals surface area contributed by atoms with Crippen LogP contribution in [0.2, 0.25) is 0 Å². The number of para-hydroxylation sites is 1. The number of benzene rings is 2. The molecule has 1 heterocycles. The molecule has 0 radical (unpaired) electrons.